The fourth-order valence-corrected chi connectivity index (χ4v) is 6.26. The Balaban J connectivity index is 1.52. The molecule has 0 saturated heterocycles. The van der Waals surface area contributed by atoms with Gasteiger partial charge in [-0.3, -0.25) is 4.79 Å². The Morgan fingerprint density at radius 3 is 2.37 bits per heavy atom. The highest BCUT2D eigenvalue weighted by atomic mass is 32.2. The summed E-state index contributed by atoms with van der Waals surface area (Å²) in [5.41, 5.74) is 1.08. The lowest BCUT2D eigenvalue weighted by Crippen LogP contribution is -2.40. The Morgan fingerprint density at radius 1 is 1.09 bits per heavy atom. The number of fused-ring (bicyclic) bond motifs is 1. The molecule has 0 bridgehead atoms. The molecule has 2 N–H and O–H groups in total. The van der Waals surface area contributed by atoms with Crippen LogP contribution in [0.15, 0.2) is 46.2 Å². The summed E-state index contributed by atoms with van der Waals surface area (Å²) in [6.07, 6.45) is 4.30. The number of amides is 1. The van der Waals surface area contributed by atoms with Crippen LogP contribution in [0.3, 0.4) is 0 Å². The van der Waals surface area contributed by atoms with E-state index in [2.05, 4.69) is 10.6 Å². The molecule has 2 unspecified atom stereocenters. The third-order valence-corrected chi connectivity index (χ3v) is 9.14. The molecular weight excluding hydrogens is 488 g/mol. The molecular formula is C25H32N2O6S2. The van der Waals surface area contributed by atoms with Gasteiger partial charge in [-0.1, -0.05) is 50.1 Å². The zero-order chi connectivity index (χ0) is 25.0. The first kappa shape index (κ1) is 25.7. The smallest absolute Gasteiger partial charge is 0.256 e. The van der Waals surface area contributed by atoms with Gasteiger partial charge in [0.1, 0.15) is 0 Å². The van der Waals surface area contributed by atoms with Crippen molar-refractivity contribution < 1.29 is 27.4 Å². The van der Waals surface area contributed by atoms with Crippen LogP contribution in [0.1, 0.15) is 50.7 Å². The van der Waals surface area contributed by atoms with Gasteiger partial charge in [0.05, 0.1) is 36.7 Å². The number of ether oxygens (including phenoxy) is 3. The first-order valence-corrected chi connectivity index (χ1v) is 14.4. The van der Waals surface area contributed by atoms with Crippen LogP contribution in [0.2, 0.25) is 0 Å². The molecule has 1 heterocycles. The zero-order valence-corrected chi connectivity index (χ0v) is 21.8. The summed E-state index contributed by atoms with van der Waals surface area (Å²) < 4.78 is 41.5. The van der Waals surface area contributed by atoms with E-state index in [-0.39, 0.29) is 22.7 Å². The van der Waals surface area contributed by atoms with Crippen LogP contribution in [0.25, 0.3) is 0 Å². The first-order chi connectivity index (χ1) is 16.8. The van der Waals surface area contributed by atoms with Crippen molar-refractivity contribution in [1.82, 2.24) is 5.32 Å². The molecule has 1 amide bonds. The summed E-state index contributed by atoms with van der Waals surface area (Å²) >= 11 is 1.47. The molecule has 1 aliphatic carbocycles. The number of hydrogen-bond donors (Lipinski definition) is 2. The topological polar surface area (TPSA) is 103 Å². The molecule has 2 aromatic rings. The molecule has 1 saturated carbocycles. The number of sulfone groups is 1. The maximum absolute atomic E-state index is 13.5. The van der Waals surface area contributed by atoms with E-state index < -0.39 is 21.4 Å². The molecule has 10 heteroatoms. The van der Waals surface area contributed by atoms with Crippen molar-refractivity contribution in [2.45, 2.75) is 66.5 Å². The number of rotatable bonds is 9. The number of nitrogens with one attached hydrogen (secondary N) is 2. The van der Waals surface area contributed by atoms with Gasteiger partial charge in [0.15, 0.2) is 32.9 Å². The number of methoxy groups -OCH3 is 2. The Bertz CT molecular complexity index is 1110. The predicted molar refractivity (Wildman–Crippen MR) is 136 cm³/mol. The van der Waals surface area contributed by atoms with Gasteiger partial charge in [0, 0.05) is 11.0 Å². The molecule has 0 radical (unpaired) electrons. The molecule has 1 aliphatic heterocycles. The third-order valence-electron chi connectivity index (χ3n) is 6.33. The minimum absolute atomic E-state index is 0.00605. The Hall–Kier alpha value is -2.43. The Kier molecular flexibility index (Phi) is 8.13. The van der Waals surface area contributed by atoms with Gasteiger partial charge in [-0.15, -0.1) is 0 Å². The lowest BCUT2D eigenvalue weighted by molar-refractivity contribution is -0.138. The summed E-state index contributed by atoms with van der Waals surface area (Å²) in [6.45, 7) is 1.61. The van der Waals surface area contributed by atoms with E-state index in [1.807, 2.05) is 12.1 Å². The van der Waals surface area contributed by atoms with Crippen molar-refractivity contribution in [3.63, 3.8) is 0 Å². The number of thioether (sulfide) groups is 1. The normalized spacial score (nSPS) is 18.9. The van der Waals surface area contributed by atoms with Gasteiger partial charge in [0.2, 0.25) is 0 Å². The zero-order valence-electron chi connectivity index (χ0n) is 20.2. The average molecular weight is 521 g/mol. The lowest BCUT2D eigenvalue weighted by Gasteiger charge is -2.28. The molecule has 2 aliphatic rings. The number of benzene rings is 2. The third kappa shape index (κ3) is 5.87. The van der Waals surface area contributed by atoms with E-state index in [0.29, 0.717) is 17.1 Å². The SMILES string of the molecule is CCS(=O)(=O)c1ccc(C(OC2CCCCC2)C(=O)NC2Nc3cc(OC)c(OC)cc3S2)cc1. The van der Waals surface area contributed by atoms with Crippen LogP contribution in [-0.4, -0.2) is 45.9 Å². The second-order valence-electron chi connectivity index (χ2n) is 8.60. The van der Waals surface area contributed by atoms with E-state index in [1.165, 1.54) is 18.2 Å². The van der Waals surface area contributed by atoms with Gasteiger partial charge >= 0.3 is 0 Å². The van der Waals surface area contributed by atoms with Gasteiger partial charge < -0.3 is 24.8 Å². The summed E-state index contributed by atoms with van der Waals surface area (Å²) in [7, 11) is -0.161. The molecule has 0 aromatic heterocycles. The van der Waals surface area contributed by atoms with Crippen LogP contribution in [0.4, 0.5) is 5.69 Å². The summed E-state index contributed by atoms with van der Waals surface area (Å²) in [4.78, 5) is 14.6. The van der Waals surface area contributed by atoms with Crippen molar-refractivity contribution >= 4 is 33.2 Å². The quantitative estimate of drug-likeness (QED) is 0.498. The Morgan fingerprint density at radius 2 is 1.74 bits per heavy atom. The molecule has 2 atom stereocenters. The van der Waals surface area contributed by atoms with Crippen LogP contribution in [0, 0.1) is 0 Å². The highest BCUT2D eigenvalue weighted by Gasteiger charge is 2.31. The van der Waals surface area contributed by atoms with Crippen LogP contribution >= 0.6 is 11.8 Å². The summed E-state index contributed by atoms with van der Waals surface area (Å²) in [5, 5.41) is 6.33. The number of hydrogen-bond acceptors (Lipinski definition) is 8. The molecule has 4 rings (SSSR count). The van der Waals surface area contributed by atoms with Gasteiger partial charge in [-0.25, -0.2) is 8.42 Å². The molecule has 8 nitrogen and oxygen atoms in total. The molecule has 0 spiro atoms. The number of carbonyl (C=O) groups is 1. The summed E-state index contributed by atoms with van der Waals surface area (Å²) in [5.74, 6) is 0.966. The molecule has 190 valence electrons. The minimum atomic E-state index is -3.32. The maximum atomic E-state index is 13.5. The predicted octanol–water partition coefficient (Wildman–Crippen LogP) is 4.51. The average Bonchev–Trinajstić information content (AvgIpc) is 3.27. The standard InChI is InChI=1S/C25H32N2O6S2/c1-4-35(29,30)18-12-10-16(11-13-18)23(33-17-8-6-5-7-9-17)24(28)27-25-26-19-14-20(31-2)21(32-3)15-22(19)34-25/h10-15,17,23,25-26H,4-9H2,1-3H3,(H,27,28). The number of carbonyl (C=O) groups excluding carboxylic acids is 1. The second-order valence-corrected chi connectivity index (χ2v) is 12.0. The van der Waals surface area contributed by atoms with E-state index in [1.54, 1.807) is 45.4 Å². The highest BCUT2D eigenvalue weighted by molar-refractivity contribution is 8.00. The largest absolute Gasteiger partial charge is 0.493 e. The molecule has 1 fully saturated rings. The van der Waals surface area contributed by atoms with Crippen molar-refractivity contribution in [2.24, 2.45) is 0 Å². The van der Waals surface area contributed by atoms with E-state index in [0.717, 1.165) is 36.3 Å². The van der Waals surface area contributed by atoms with Crippen molar-refractivity contribution in [1.29, 1.82) is 0 Å². The van der Waals surface area contributed by atoms with Crippen molar-refractivity contribution in [2.75, 3.05) is 25.3 Å². The first-order valence-electron chi connectivity index (χ1n) is 11.8. The van der Waals surface area contributed by atoms with Gasteiger partial charge in [0.25, 0.3) is 5.91 Å². The van der Waals surface area contributed by atoms with Gasteiger partial charge in [-0.2, -0.15) is 0 Å². The van der Waals surface area contributed by atoms with Crippen molar-refractivity contribution in [3.05, 3.63) is 42.0 Å². The van der Waals surface area contributed by atoms with Crippen molar-refractivity contribution in [3.8, 4) is 11.5 Å². The molecule has 2 aromatic carbocycles. The maximum Gasteiger partial charge on any atom is 0.256 e. The van der Waals surface area contributed by atoms with E-state index in [9.17, 15) is 13.2 Å². The minimum Gasteiger partial charge on any atom is -0.493 e. The van der Waals surface area contributed by atoms with Crippen LogP contribution < -0.4 is 20.1 Å². The van der Waals surface area contributed by atoms with Gasteiger partial charge in [-0.05, 0) is 36.6 Å². The summed E-state index contributed by atoms with van der Waals surface area (Å²) in [6, 6.07) is 10.2. The Labute approximate surface area is 211 Å². The second kappa shape index (κ2) is 11.1. The van der Waals surface area contributed by atoms with E-state index >= 15 is 0 Å². The van der Waals surface area contributed by atoms with Crippen LogP contribution in [-0.2, 0) is 19.4 Å². The van der Waals surface area contributed by atoms with Crippen LogP contribution in [0.5, 0.6) is 11.5 Å². The lowest BCUT2D eigenvalue weighted by atomic mass is 9.97. The van der Waals surface area contributed by atoms with E-state index in [4.69, 9.17) is 14.2 Å². The fourth-order valence-electron chi connectivity index (χ4n) is 4.34. The number of anilines is 1. The fraction of sp³-hybridized carbons (Fsp3) is 0.480. The highest BCUT2D eigenvalue weighted by Crippen LogP contribution is 2.44. The monoisotopic (exact) mass is 520 g/mol. The molecule has 35 heavy (non-hydrogen) atoms.